The van der Waals surface area contributed by atoms with E-state index in [1.807, 2.05) is 31.7 Å². The predicted octanol–water partition coefficient (Wildman–Crippen LogP) is 4.00. The number of rotatable bonds is 6. The van der Waals surface area contributed by atoms with Gasteiger partial charge in [0.15, 0.2) is 0 Å². The van der Waals surface area contributed by atoms with Crippen LogP contribution in [0.4, 0.5) is 0 Å². The van der Waals surface area contributed by atoms with Gasteiger partial charge in [-0.1, -0.05) is 32.0 Å². The molecular weight excluding hydrogens is 254 g/mol. The van der Waals surface area contributed by atoms with Gasteiger partial charge in [0.2, 0.25) is 0 Å². The second kappa shape index (κ2) is 5.70. The SMILES string of the molecule is CC(C)(CCCSc1cc2ccccc2[nH]1)C(=N)N. The highest BCUT2D eigenvalue weighted by Crippen LogP contribution is 2.27. The molecule has 0 aliphatic rings. The van der Waals surface area contributed by atoms with Crippen molar-refractivity contribution in [1.82, 2.24) is 4.98 Å². The third-order valence-electron chi connectivity index (χ3n) is 3.44. The molecule has 0 atom stereocenters. The average Bonchev–Trinajstić information content (AvgIpc) is 2.77. The lowest BCUT2D eigenvalue weighted by atomic mass is 9.87. The van der Waals surface area contributed by atoms with Crippen LogP contribution in [0.2, 0.25) is 0 Å². The molecule has 19 heavy (non-hydrogen) atoms. The number of H-pyrrole nitrogens is 1. The van der Waals surface area contributed by atoms with Gasteiger partial charge in [-0.2, -0.15) is 0 Å². The fourth-order valence-corrected chi connectivity index (χ4v) is 2.86. The Balaban J connectivity index is 1.84. The van der Waals surface area contributed by atoms with Gasteiger partial charge in [0, 0.05) is 16.3 Å². The van der Waals surface area contributed by atoms with Crippen LogP contribution in [0.5, 0.6) is 0 Å². The quantitative estimate of drug-likeness (QED) is 0.323. The van der Waals surface area contributed by atoms with Gasteiger partial charge in [-0.3, -0.25) is 5.41 Å². The van der Waals surface area contributed by atoms with E-state index in [1.165, 1.54) is 15.9 Å². The molecule has 2 aromatic rings. The summed E-state index contributed by atoms with van der Waals surface area (Å²) in [6, 6.07) is 10.5. The Bertz CT molecular complexity index is 539. The summed E-state index contributed by atoms with van der Waals surface area (Å²) in [5, 5.41) is 10.0. The van der Waals surface area contributed by atoms with Crippen LogP contribution >= 0.6 is 11.8 Å². The van der Waals surface area contributed by atoms with Gasteiger partial charge in [0.1, 0.15) is 0 Å². The molecule has 0 fully saturated rings. The van der Waals surface area contributed by atoms with Crippen LogP contribution in [0.15, 0.2) is 35.4 Å². The van der Waals surface area contributed by atoms with Crippen molar-refractivity contribution in [3.05, 3.63) is 30.3 Å². The largest absolute Gasteiger partial charge is 0.387 e. The number of nitrogens with two attached hydrogens (primary N) is 1. The molecule has 2 rings (SSSR count). The summed E-state index contributed by atoms with van der Waals surface area (Å²) >= 11 is 1.83. The van der Waals surface area contributed by atoms with Crippen LogP contribution in [-0.2, 0) is 0 Å². The van der Waals surface area contributed by atoms with Crippen molar-refractivity contribution in [1.29, 1.82) is 5.41 Å². The van der Waals surface area contributed by atoms with Crippen LogP contribution in [0, 0.1) is 10.8 Å². The highest BCUT2D eigenvalue weighted by Gasteiger charge is 2.20. The van der Waals surface area contributed by atoms with Gasteiger partial charge in [-0.25, -0.2) is 0 Å². The zero-order valence-corrected chi connectivity index (χ0v) is 12.3. The number of hydrogen-bond donors (Lipinski definition) is 3. The maximum atomic E-state index is 7.53. The molecule has 0 spiro atoms. The number of amidine groups is 1. The third kappa shape index (κ3) is 3.53. The van der Waals surface area contributed by atoms with Crippen LogP contribution in [-0.4, -0.2) is 16.6 Å². The number of hydrogen-bond acceptors (Lipinski definition) is 2. The lowest BCUT2D eigenvalue weighted by molar-refractivity contribution is 0.464. The molecule has 0 saturated carbocycles. The number of benzene rings is 1. The van der Waals surface area contributed by atoms with Crippen molar-refractivity contribution in [2.24, 2.45) is 11.1 Å². The molecule has 0 aliphatic heterocycles. The molecule has 0 radical (unpaired) electrons. The highest BCUT2D eigenvalue weighted by molar-refractivity contribution is 7.99. The van der Waals surface area contributed by atoms with Crippen molar-refractivity contribution >= 4 is 28.5 Å². The molecule has 1 aromatic carbocycles. The van der Waals surface area contributed by atoms with E-state index in [-0.39, 0.29) is 11.3 Å². The number of fused-ring (bicyclic) bond motifs is 1. The average molecular weight is 275 g/mol. The topological polar surface area (TPSA) is 65.7 Å². The van der Waals surface area contributed by atoms with Gasteiger partial charge in [0.25, 0.3) is 0 Å². The second-order valence-electron chi connectivity index (χ2n) is 5.47. The molecule has 1 heterocycles. The van der Waals surface area contributed by atoms with Gasteiger partial charge < -0.3 is 10.7 Å². The number of aromatic nitrogens is 1. The standard InChI is InChI=1S/C15H21N3S/c1-15(2,14(16)17)8-5-9-19-13-10-11-6-3-4-7-12(11)18-13/h3-4,6-7,10,18H,5,8-9H2,1-2H3,(H3,16,17). The minimum Gasteiger partial charge on any atom is -0.387 e. The van der Waals surface area contributed by atoms with Gasteiger partial charge in [0.05, 0.1) is 10.9 Å². The minimum absolute atomic E-state index is 0.180. The molecule has 0 saturated heterocycles. The Labute approximate surface area is 118 Å². The maximum Gasteiger partial charge on any atom is 0.0963 e. The molecule has 0 bridgehead atoms. The molecule has 0 aliphatic carbocycles. The minimum atomic E-state index is -0.180. The summed E-state index contributed by atoms with van der Waals surface area (Å²) in [5.74, 6) is 1.33. The van der Waals surface area contributed by atoms with Crippen molar-refractivity contribution in [2.75, 3.05) is 5.75 Å². The third-order valence-corrected chi connectivity index (χ3v) is 4.46. The first-order chi connectivity index (χ1) is 8.99. The summed E-state index contributed by atoms with van der Waals surface area (Å²) in [6.07, 6.45) is 2.02. The molecule has 0 unspecified atom stereocenters. The molecule has 3 nitrogen and oxygen atoms in total. The van der Waals surface area contributed by atoms with E-state index in [0.29, 0.717) is 0 Å². The van der Waals surface area contributed by atoms with E-state index in [9.17, 15) is 0 Å². The maximum absolute atomic E-state index is 7.53. The van der Waals surface area contributed by atoms with Crippen molar-refractivity contribution in [2.45, 2.75) is 31.7 Å². The summed E-state index contributed by atoms with van der Waals surface area (Å²) < 4.78 is 0. The number of thioether (sulfide) groups is 1. The van der Waals surface area contributed by atoms with E-state index in [1.54, 1.807) is 0 Å². The van der Waals surface area contributed by atoms with Gasteiger partial charge >= 0.3 is 0 Å². The van der Waals surface area contributed by atoms with E-state index >= 15 is 0 Å². The second-order valence-corrected chi connectivity index (χ2v) is 6.61. The lowest BCUT2D eigenvalue weighted by Gasteiger charge is -2.22. The van der Waals surface area contributed by atoms with E-state index in [2.05, 4.69) is 29.2 Å². The summed E-state index contributed by atoms with van der Waals surface area (Å²) in [7, 11) is 0. The van der Waals surface area contributed by atoms with Crippen LogP contribution in [0.3, 0.4) is 0 Å². The zero-order chi connectivity index (χ0) is 13.9. The van der Waals surface area contributed by atoms with Gasteiger partial charge in [-0.05, 0) is 30.7 Å². The normalized spacial score (nSPS) is 11.9. The molecule has 4 N–H and O–H groups in total. The van der Waals surface area contributed by atoms with E-state index in [0.717, 1.165) is 18.6 Å². The predicted molar refractivity (Wildman–Crippen MR) is 84.0 cm³/mol. The Morgan fingerprint density at radius 3 is 2.79 bits per heavy atom. The fourth-order valence-electron chi connectivity index (χ4n) is 1.96. The molecule has 0 amide bonds. The number of para-hydroxylation sites is 1. The fraction of sp³-hybridized carbons (Fsp3) is 0.400. The summed E-state index contributed by atoms with van der Waals surface area (Å²) in [6.45, 7) is 4.06. The van der Waals surface area contributed by atoms with E-state index < -0.39 is 0 Å². The van der Waals surface area contributed by atoms with Crippen LogP contribution in [0.25, 0.3) is 10.9 Å². The number of nitrogens with one attached hydrogen (secondary N) is 2. The van der Waals surface area contributed by atoms with Crippen molar-refractivity contribution < 1.29 is 0 Å². The van der Waals surface area contributed by atoms with Gasteiger partial charge in [-0.15, -0.1) is 11.8 Å². The Morgan fingerprint density at radius 2 is 2.11 bits per heavy atom. The monoisotopic (exact) mass is 275 g/mol. The Hall–Kier alpha value is -1.42. The first-order valence-electron chi connectivity index (χ1n) is 6.54. The highest BCUT2D eigenvalue weighted by atomic mass is 32.2. The molecule has 1 aromatic heterocycles. The number of aromatic amines is 1. The molecular formula is C15H21N3S. The van der Waals surface area contributed by atoms with E-state index in [4.69, 9.17) is 11.1 Å². The van der Waals surface area contributed by atoms with Crippen LogP contribution < -0.4 is 5.73 Å². The Morgan fingerprint density at radius 1 is 1.37 bits per heavy atom. The molecule has 102 valence electrons. The first-order valence-corrected chi connectivity index (χ1v) is 7.53. The first kappa shape index (κ1) is 14.0. The van der Waals surface area contributed by atoms with Crippen molar-refractivity contribution in [3.8, 4) is 0 Å². The summed E-state index contributed by atoms with van der Waals surface area (Å²) in [5.41, 5.74) is 6.59. The molecule has 4 heteroatoms. The van der Waals surface area contributed by atoms with Crippen molar-refractivity contribution in [3.63, 3.8) is 0 Å². The van der Waals surface area contributed by atoms with Crippen LogP contribution in [0.1, 0.15) is 26.7 Å². The summed E-state index contributed by atoms with van der Waals surface area (Å²) in [4.78, 5) is 3.41. The smallest absolute Gasteiger partial charge is 0.0963 e. The zero-order valence-electron chi connectivity index (χ0n) is 11.5. The lowest BCUT2D eigenvalue weighted by Crippen LogP contribution is -2.30. The Kier molecular flexibility index (Phi) is 4.20.